The summed E-state index contributed by atoms with van der Waals surface area (Å²) in [6, 6.07) is 14.8. The van der Waals surface area contributed by atoms with Crippen molar-refractivity contribution < 1.29 is 14.0 Å². The first kappa shape index (κ1) is 18.2. The van der Waals surface area contributed by atoms with Crippen LogP contribution in [0.2, 0.25) is 5.02 Å². The molecule has 6 nitrogen and oxygen atoms in total. The number of nitrogens with zero attached hydrogens (tertiary/aromatic N) is 3. The zero-order valence-electron chi connectivity index (χ0n) is 14.7. The molecule has 0 aliphatic carbocycles. The maximum absolute atomic E-state index is 5.89. The van der Waals surface area contributed by atoms with E-state index in [0.29, 0.717) is 29.9 Å². The predicted octanol–water partition coefficient (Wildman–Crippen LogP) is 3.91. The first-order valence-corrected chi connectivity index (χ1v) is 8.56. The normalized spacial score (nSPS) is 10.9. The van der Waals surface area contributed by atoms with Crippen LogP contribution in [0.25, 0.3) is 11.4 Å². The summed E-state index contributed by atoms with van der Waals surface area (Å²) in [4.78, 5) is 6.48. The van der Waals surface area contributed by atoms with Crippen LogP contribution in [-0.2, 0) is 6.54 Å². The maximum atomic E-state index is 5.89. The minimum Gasteiger partial charge on any atom is -0.497 e. The second kappa shape index (κ2) is 8.69. The van der Waals surface area contributed by atoms with Gasteiger partial charge in [-0.3, -0.25) is 4.90 Å². The predicted molar refractivity (Wildman–Crippen MR) is 99.6 cm³/mol. The smallest absolute Gasteiger partial charge is 0.241 e. The molecule has 1 heterocycles. The Morgan fingerprint density at radius 1 is 1.04 bits per heavy atom. The number of ether oxygens (including phenoxy) is 2. The van der Waals surface area contributed by atoms with Crippen LogP contribution in [0, 0.1) is 0 Å². The molecule has 0 saturated heterocycles. The van der Waals surface area contributed by atoms with Gasteiger partial charge in [0.05, 0.1) is 13.7 Å². The second-order valence-electron chi connectivity index (χ2n) is 5.78. The minimum absolute atomic E-state index is 0.548. The molecule has 0 aliphatic rings. The van der Waals surface area contributed by atoms with E-state index in [1.165, 1.54) is 0 Å². The number of hydrogen-bond acceptors (Lipinski definition) is 6. The minimum atomic E-state index is 0.548. The van der Waals surface area contributed by atoms with Crippen molar-refractivity contribution in [1.82, 2.24) is 15.0 Å². The number of halogens is 1. The highest BCUT2D eigenvalue weighted by Gasteiger charge is 2.11. The lowest BCUT2D eigenvalue weighted by Gasteiger charge is -2.14. The van der Waals surface area contributed by atoms with Crippen LogP contribution in [0.1, 0.15) is 5.89 Å². The van der Waals surface area contributed by atoms with E-state index in [1.54, 1.807) is 19.2 Å². The number of aromatic nitrogens is 2. The van der Waals surface area contributed by atoms with Gasteiger partial charge in [0.25, 0.3) is 0 Å². The van der Waals surface area contributed by atoms with E-state index in [1.807, 2.05) is 43.4 Å². The molecule has 0 fully saturated rings. The molecule has 1 aromatic heterocycles. The molecule has 0 N–H and O–H groups in total. The van der Waals surface area contributed by atoms with Gasteiger partial charge < -0.3 is 14.0 Å². The van der Waals surface area contributed by atoms with E-state index >= 15 is 0 Å². The third-order valence-electron chi connectivity index (χ3n) is 3.78. The van der Waals surface area contributed by atoms with Crippen molar-refractivity contribution >= 4 is 11.6 Å². The van der Waals surface area contributed by atoms with Gasteiger partial charge in [0.15, 0.2) is 0 Å². The van der Waals surface area contributed by atoms with Crippen LogP contribution in [0.5, 0.6) is 11.5 Å². The average Bonchev–Trinajstić information content (AvgIpc) is 3.11. The number of methoxy groups -OCH3 is 1. The van der Waals surface area contributed by atoms with Crippen molar-refractivity contribution in [2.24, 2.45) is 0 Å². The van der Waals surface area contributed by atoms with Crippen LogP contribution in [0.4, 0.5) is 0 Å². The maximum Gasteiger partial charge on any atom is 0.241 e. The molecular weight excluding hydrogens is 354 g/mol. The summed E-state index contributed by atoms with van der Waals surface area (Å²) in [7, 11) is 3.62. The zero-order valence-corrected chi connectivity index (χ0v) is 15.4. The molecular formula is C19H20ClN3O3. The zero-order chi connectivity index (χ0) is 18.4. The quantitative estimate of drug-likeness (QED) is 0.596. The first-order chi connectivity index (χ1) is 12.6. The summed E-state index contributed by atoms with van der Waals surface area (Å²) in [6.45, 7) is 1.83. The molecule has 3 aromatic rings. The van der Waals surface area contributed by atoms with E-state index < -0.39 is 0 Å². The highest BCUT2D eigenvalue weighted by molar-refractivity contribution is 6.30. The van der Waals surface area contributed by atoms with Gasteiger partial charge in [-0.1, -0.05) is 16.8 Å². The number of likely N-dealkylation sites (N-methyl/N-ethyl adjacent to an activating group) is 1. The molecule has 0 atom stereocenters. The van der Waals surface area contributed by atoms with E-state index in [4.69, 9.17) is 25.6 Å². The number of hydrogen-bond donors (Lipinski definition) is 0. The molecule has 26 heavy (non-hydrogen) atoms. The molecule has 0 unspecified atom stereocenters. The third kappa shape index (κ3) is 4.97. The highest BCUT2D eigenvalue weighted by atomic mass is 35.5. The van der Waals surface area contributed by atoms with Crippen molar-refractivity contribution in [3.8, 4) is 22.9 Å². The van der Waals surface area contributed by atoms with Gasteiger partial charge in [-0.15, -0.1) is 0 Å². The Hall–Kier alpha value is -2.57. The Labute approximate surface area is 157 Å². The van der Waals surface area contributed by atoms with Gasteiger partial charge in [-0.05, 0) is 55.6 Å². The van der Waals surface area contributed by atoms with Gasteiger partial charge in [0.2, 0.25) is 11.7 Å². The monoisotopic (exact) mass is 373 g/mol. The van der Waals surface area contributed by atoms with Gasteiger partial charge >= 0.3 is 0 Å². The molecule has 0 amide bonds. The molecule has 0 radical (unpaired) electrons. The van der Waals surface area contributed by atoms with Crippen molar-refractivity contribution in [3.63, 3.8) is 0 Å². The van der Waals surface area contributed by atoms with Gasteiger partial charge in [-0.25, -0.2) is 0 Å². The summed E-state index contributed by atoms with van der Waals surface area (Å²) in [5.74, 6) is 2.73. The van der Waals surface area contributed by atoms with Crippen LogP contribution in [0.3, 0.4) is 0 Å². The van der Waals surface area contributed by atoms with Gasteiger partial charge in [0.1, 0.15) is 18.1 Å². The van der Waals surface area contributed by atoms with E-state index in [2.05, 4.69) is 15.0 Å². The number of benzene rings is 2. The third-order valence-corrected chi connectivity index (χ3v) is 4.03. The molecule has 0 spiro atoms. The SMILES string of the molecule is COc1ccc(OCCN(C)Cc2nc(-c3ccc(Cl)cc3)no2)cc1. The molecule has 136 valence electrons. The Balaban J connectivity index is 1.47. The summed E-state index contributed by atoms with van der Waals surface area (Å²) in [5.41, 5.74) is 0.870. The lowest BCUT2D eigenvalue weighted by atomic mass is 10.2. The Morgan fingerprint density at radius 2 is 1.73 bits per heavy atom. The van der Waals surface area contributed by atoms with E-state index in [0.717, 1.165) is 23.6 Å². The van der Waals surface area contributed by atoms with Crippen LogP contribution < -0.4 is 9.47 Å². The molecule has 7 heteroatoms. The second-order valence-corrected chi connectivity index (χ2v) is 6.22. The Morgan fingerprint density at radius 3 is 2.42 bits per heavy atom. The largest absolute Gasteiger partial charge is 0.497 e. The van der Waals surface area contributed by atoms with Crippen molar-refractivity contribution in [2.75, 3.05) is 27.3 Å². The van der Waals surface area contributed by atoms with Crippen LogP contribution >= 0.6 is 11.6 Å². The lowest BCUT2D eigenvalue weighted by Crippen LogP contribution is -2.24. The first-order valence-electron chi connectivity index (χ1n) is 8.18. The Kier molecular flexibility index (Phi) is 6.09. The average molecular weight is 374 g/mol. The fraction of sp³-hybridized carbons (Fsp3) is 0.263. The summed E-state index contributed by atoms with van der Waals surface area (Å²) in [6.07, 6.45) is 0. The fourth-order valence-electron chi connectivity index (χ4n) is 2.34. The summed E-state index contributed by atoms with van der Waals surface area (Å²) < 4.78 is 16.2. The van der Waals surface area contributed by atoms with Crippen LogP contribution in [0.15, 0.2) is 53.1 Å². The van der Waals surface area contributed by atoms with E-state index in [9.17, 15) is 0 Å². The van der Waals surface area contributed by atoms with Crippen molar-refractivity contribution in [2.45, 2.75) is 6.54 Å². The van der Waals surface area contributed by atoms with Gasteiger partial charge in [0, 0.05) is 17.1 Å². The van der Waals surface area contributed by atoms with E-state index in [-0.39, 0.29) is 0 Å². The van der Waals surface area contributed by atoms with Gasteiger partial charge in [-0.2, -0.15) is 4.98 Å². The fourth-order valence-corrected chi connectivity index (χ4v) is 2.46. The topological polar surface area (TPSA) is 60.6 Å². The lowest BCUT2D eigenvalue weighted by molar-refractivity contribution is 0.212. The molecule has 0 bridgehead atoms. The molecule has 3 rings (SSSR count). The summed E-state index contributed by atoms with van der Waals surface area (Å²) >= 11 is 5.89. The Bertz CT molecular complexity index is 819. The standard InChI is InChI=1S/C19H20ClN3O3/c1-23(11-12-25-17-9-7-16(24-2)8-10-17)13-18-21-19(22-26-18)14-3-5-15(20)6-4-14/h3-10H,11-13H2,1-2H3. The number of rotatable bonds is 8. The van der Waals surface area contributed by atoms with Crippen molar-refractivity contribution in [1.29, 1.82) is 0 Å². The summed E-state index contributed by atoms with van der Waals surface area (Å²) in [5, 5.41) is 4.69. The highest BCUT2D eigenvalue weighted by Crippen LogP contribution is 2.19. The molecule has 2 aromatic carbocycles. The molecule has 0 saturated carbocycles. The van der Waals surface area contributed by atoms with Crippen LogP contribution in [-0.4, -0.2) is 42.3 Å². The molecule has 0 aliphatic heterocycles. The van der Waals surface area contributed by atoms with Crippen molar-refractivity contribution in [3.05, 3.63) is 59.4 Å².